The van der Waals surface area contributed by atoms with Gasteiger partial charge < -0.3 is 24.8 Å². The molecule has 116 valence electrons. The van der Waals surface area contributed by atoms with Crippen LogP contribution < -0.4 is 14.8 Å². The Labute approximate surface area is 124 Å². The van der Waals surface area contributed by atoms with Crippen LogP contribution in [0.4, 0.5) is 0 Å². The molecular formula is C15H22N2O4. The second-order valence-electron chi connectivity index (χ2n) is 5.03. The van der Waals surface area contributed by atoms with E-state index in [2.05, 4.69) is 10.2 Å². The van der Waals surface area contributed by atoms with Gasteiger partial charge in [0.25, 0.3) is 0 Å². The van der Waals surface area contributed by atoms with Crippen molar-refractivity contribution >= 4 is 5.97 Å². The van der Waals surface area contributed by atoms with Crippen LogP contribution in [0.1, 0.15) is 15.9 Å². The Balaban J connectivity index is 2.15. The monoisotopic (exact) mass is 294 g/mol. The normalized spacial score (nSPS) is 15.7. The molecule has 0 aromatic heterocycles. The highest BCUT2D eigenvalue weighted by atomic mass is 16.5. The van der Waals surface area contributed by atoms with E-state index < -0.39 is 5.97 Å². The van der Waals surface area contributed by atoms with Crippen LogP contribution in [-0.2, 0) is 6.42 Å². The Morgan fingerprint density at radius 1 is 1.29 bits per heavy atom. The molecule has 1 saturated heterocycles. The van der Waals surface area contributed by atoms with E-state index in [1.54, 1.807) is 6.07 Å². The van der Waals surface area contributed by atoms with Crippen LogP contribution in [0.25, 0.3) is 0 Å². The molecular weight excluding hydrogens is 272 g/mol. The standard InChI is InChI=1S/C15H22N2O4/c1-20-13-10-11(3-6-17-7-4-16-5-8-17)9-12(15(18)19)14(13)21-2/h9-10,16H,3-8H2,1-2H3,(H,18,19). The maximum atomic E-state index is 11.4. The van der Waals surface area contributed by atoms with Crippen molar-refractivity contribution in [2.75, 3.05) is 46.9 Å². The molecule has 0 spiro atoms. The summed E-state index contributed by atoms with van der Waals surface area (Å²) in [7, 11) is 2.97. The van der Waals surface area contributed by atoms with Crippen LogP contribution in [0.15, 0.2) is 12.1 Å². The van der Waals surface area contributed by atoms with Gasteiger partial charge in [-0.3, -0.25) is 0 Å². The highest BCUT2D eigenvalue weighted by molar-refractivity contribution is 5.92. The van der Waals surface area contributed by atoms with Gasteiger partial charge in [-0.25, -0.2) is 4.79 Å². The molecule has 2 N–H and O–H groups in total. The number of piperazine rings is 1. The quantitative estimate of drug-likeness (QED) is 0.810. The van der Waals surface area contributed by atoms with E-state index in [9.17, 15) is 9.90 Å². The van der Waals surface area contributed by atoms with Crippen molar-refractivity contribution in [3.05, 3.63) is 23.3 Å². The van der Waals surface area contributed by atoms with Crippen molar-refractivity contribution in [3.63, 3.8) is 0 Å². The first-order valence-corrected chi connectivity index (χ1v) is 7.07. The molecule has 21 heavy (non-hydrogen) atoms. The molecule has 0 bridgehead atoms. The van der Waals surface area contributed by atoms with Crippen molar-refractivity contribution in [1.29, 1.82) is 0 Å². The summed E-state index contributed by atoms with van der Waals surface area (Å²) in [6.45, 7) is 4.98. The van der Waals surface area contributed by atoms with Crippen molar-refractivity contribution in [3.8, 4) is 11.5 Å². The maximum absolute atomic E-state index is 11.4. The number of ether oxygens (including phenoxy) is 2. The van der Waals surface area contributed by atoms with Gasteiger partial charge in [0.15, 0.2) is 11.5 Å². The number of rotatable bonds is 6. The average molecular weight is 294 g/mol. The fourth-order valence-electron chi connectivity index (χ4n) is 2.55. The fraction of sp³-hybridized carbons (Fsp3) is 0.533. The third-order valence-corrected chi connectivity index (χ3v) is 3.70. The lowest BCUT2D eigenvalue weighted by Gasteiger charge is -2.27. The second-order valence-corrected chi connectivity index (χ2v) is 5.03. The van der Waals surface area contributed by atoms with E-state index in [0.29, 0.717) is 5.75 Å². The minimum atomic E-state index is -1.01. The first-order valence-electron chi connectivity index (χ1n) is 7.07. The Morgan fingerprint density at radius 3 is 2.57 bits per heavy atom. The summed E-state index contributed by atoms with van der Waals surface area (Å²) >= 11 is 0. The minimum Gasteiger partial charge on any atom is -0.493 e. The lowest BCUT2D eigenvalue weighted by atomic mass is 10.1. The number of carboxylic acids is 1. The Bertz CT molecular complexity index is 499. The molecule has 1 aromatic rings. The molecule has 1 fully saturated rings. The molecule has 1 aromatic carbocycles. The van der Waals surface area contributed by atoms with Crippen LogP contribution in [0.3, 0.4) is 0 Å². The third-order valence-electron chi connectivity index (χ3n) is 3.70. The van der Waals surface area contributed by atoms with Gasteiger partial charge in [0.2, 0.25) is 0 Å². The highest BCUT2D eigenvalue weighted by Gasteiger charge is 2.18. The van der Waals surface area contributed by atoms with Gasteiger partial charge in [-0.1, -0.05) is 0 Å². The molecule has 0 saturated carbocycles. The number of nitrogens with one attached hydrogen (secondary N) is 1. The molecule has 0 radical (unpaired) electrons. The lowest BCUT2D eigenvalue weighted by Crippen LogP contribution is -2.44. The topological polar surface area (TPSA) is 71.0 Å². The van der Waals surface area contributed by atoms with E-state index in [-0.39, 0.29) is 11.3 Å². The number of carboxylic acid groups (broad SMARTS) is 1. The molecule has 0 aliphatic carbocycles. The van der Waals surface area contributed by atoms with E-state index >= 15 is 0 Å². The van der Waals surface area contributed by atoms with Crippen LogP contribution in [0.2, 0.25) is 0 Å². The SMILES string of the molecule is COc1cc(CCN2CCNCC2)cc(C(=O)O)c1OC. The van der Waals surface area contributed by atoms with Crippen LogP contribution in [0.5, 0.6) is 11.5 Å². The summed E-state index contributed by atoms with van der Waals surface area (Å²) in [5.74, 6) is -0.266. The smallest absolute Gasteiger partial charge is 0.339 e. The van der Waals surface area contributed by atoms with Gasteiger partial charge in [0.05, 0.1) is 14.2 Å². The van der Waals surface area contributed by atoms with Crippen molar-refractivity contribution < 1.29 is 19.4 Å². The molecule has 1 heterocycles. The largest absolute Gasteiger partial charge is 0.493 e. The number of benzene rings is 1. The number of methoxy groups -OCH3 is 2. The number of carbonyl (C=O) groups is 1. The third kappa shape index (κ3) is 3.86. The molecule has 0 amide bonds. The van der Waals surface area contributed by atoms with Gasteiger partial charge in [-0.2, -0.15) is 0 Å². The number of aromatic carboxylic acids is 1. The molecule has 1 aliphatic rings. The van der Waals surface area contributed by atoms with E-state index in [4.69, 9.17) is 9.47 Å². The van der Waals surface area contributed by atoms with Crippen molar-refractivity contribution in [1.82, 2.24) is 10.2 Å². The van der Waals surface area contributed by atoms with Gasteiger partial charge in [0, 0.05) is 32.7 Å². The second kappa shape index (κ2) is 7.28. The number of nitrogens with zero attached hydrogens (tertiary/aromatic N) is 1. The van der Waals surface area contributed by atoms with Crippen LogP contribution in [-0.4, -0.2) is 62.9 Å². The van der Waals surface area contributed by atoms with Crippen LogP contribution >= 0.6 is 0 Å². The van der Waals surface area contributed by atoms with Gasteiger partial charge in [-0.15, -0.1) is 0 Å². The Kier molecular flexibility index (Phi) is 5.41. The molecule has 2 rings (SSSR count). The highest BCUT2D eigenvalue weighted by Crippen LogP contribution is 2.32. The zero-order valence-electron chi connectivity index (χ0n) is 12.5. The maximum Gasteiger partial charge on any atom is 0.339 e. The van der Waals surface area contributed by atoms with Gasteiger partial charge >= 0.3 is 5.97 Å². The molecule has 6 nitrogen and oxygen atoms in total. The molecule has 0 atom stereocenters. The first kappa shape index (κ1) is 15.6. The van der Waals surface area contributed by atoms with Crippen molar-refractivity contribution in [2.45, 2.75) is 6.42 Å². The zero-order valence-corrected chi connectivity index (χ0v) is 12.5. The van der Waals surface area contributed by atoms with E-state index in [1.165, 1.54) is 14.2 Å². The summed E-state index contributed by atoms with van der Waals surface area (Å²) in [6, 6.07) is 3.53. The van der Waals surface area contributed by atoms with Gasteiger partial charge in [0.1, 0.15) is 5.56 Å². The molecule has 0 unspecified atom stereocenters. The first-order chi connectivity index (χ1) is 10.2. The number of hydrogen-bond acceptors (Lipinski definition) is 5. The summed E-state index contributed by atoms with van der Waals surface area (Å²) < 4.78 is 10.4. The summed E-state index contributed by atoms with van der Waals surface area (Å²) in [4.78, 5) is 13.7. The summed E-state index contributed by atoms with van der Waals surface area (Å²) in [5, 5.41) is 12.6. The molecule has 1 aliphatic heterocycles. The predicted molar refractivity (Wildman–Crippen MR) is 79.5 cm³/mol. The number of hydrogen-bond donors (Lipinski definition) is 2. The van der Waals surface area contributed by atoms with E-state index in [0.717, 1.165) is 44.7 Å². The minimum absolute atomic E-state index is 0.146. The molecule has 6 heteroatoms. The average Bonchev–Trinajstić information content (AvgIpc) is 2.52. The van der Waals surface area contributed by atoms with Gasteiger partial charge in [-0.05, 0) is 24.1 Å². The predicted octanol–water partition coefficient (Wildman–Crippen LogP) is 0.850. The van der Waals surface area contributed by atoms with Crippen LogP contribution in [0, 0.1) is 0 Å². The zero-order chi connectivity index (χ0) is 15.2. The van der Waals surface area contributed by atoms with Crippen molar-refractivity contribution in [2.24, 2.45) is 0 Å². The fourth-order valence-corrected chi connectivity index (χ4v) is 2.55. The van der Waals surface area contributed by atoms with E-state index in [1.807, 2.05) is 6.07 Å². The Hall–Kier alpha value is -1.79. The summed E-state index contributed by atoms with van der Waals surface area (Å²) in [6.07, 6.45) is 0.792. The summed E-state index contributed by atoms with van der Waals surface area (Å²) in [5.41, 5.74) is 1.09. The Morgan fingerprint density at radius 2 is 2.00 bits per heavy atom. The lowest BCUT2D eigenvalue weighted by molar-refractivity contribution is 0.0692.